The molecule has 0 amide bonds. The van der Waals surface area contributed by atoms with Crippen LogP contribution in [0.4, 0.5) is 0 Å². The number of hydrogen-bond donors (Lipinski definition) is 0. The fourth-order valence-corrected chi connectivity index (χ4v) is 2.04. The highest BCUT2D eigenvalue weighted by atomic mass is 16.6. The average Bonchev–Trinajstić information content (AvgIpc) is 2.85. The van der Waals surface area contributed by atoms with Crippen LogP contribution in [0.3, 0.4) is 0 Å². The van der Waals surface area contributed by atoms with Gasteiger partial charge in [0.15, 0.2) is 11.9 Å². The number of carbonyl (C=O) groups is 1. The number of cyclic esters (lactones) is 1. The number of para-hydroxylation sites is 1. The average molecular weight is 229 g/mol. The molecule has 0 aliphatic carbocycles. The van der Waals surface area contributed by atoms with Crippen molar-refractivity contribution in [2.24, 2.45) is 4.99 Å². The molecule has 2 heterocycles. The molecule has 17 heavy (non-hydrogen) atoms. The van der Waals surface area contributed by atoms with Crippen molar-refractivity contribution in [2.45, 2.75) is 19.4 Å². The zero-order valence-corrected chi connectivity index (χ0v) is 9.34. The van der Waals surface area contributed by atoms with Gasteiger partial charge in [-0.3, -0.25) is 0 Å². The van der Waals surface area contributed by atoms with E-state index in [0.29, 0.717) is 12.3 Å². The highest BCUT2D eigenvalue weighted by molar-refractivity contribution is 5.96. The zero-order valence-electron chi connectivity index (χ0n) is 9.34. The van der Waals surface area contributed by atoms with Crippen LogP contribution in [0.2, 0.25) is 0 Å². The minimum atomic E-state index is -0.434. The molecule has 1 aliphatic heterocycles. The predicted octanol–water partition coefficient (Wildman–Crippen LogP) is 2.32. The van der Waals surface area contributed by atoms with E-state index in [1.807, 2.05) is 24.3 Å². The van der Waals surface area contributed by atoms with Gasteiger partial charge in [-0.25, -0.2) is 9.79 Å². The summed E-state index contributed by atoms with van der Waals surface area (Å²) in [7, 11) is 0. The van der Waals surface area contributed by atoms with E-state index in [1.165, 1.54) is 0 Å². The lowest BCUT2D eigenvalue weighted by atomic mass is 10.1. The molecule has 4 heteroatoms. The molecule has 0 N–H and O–H groups in total. The third-order valence-corrected chi connectivity index (χ3v) is 2.83. The van der Waals surface area contributed by atoms with Crippen molar-refractivity contribution in [3.8, 4) is 0 Å². The molecule has 0 fully saturated rings. The van der Waals surface area contributed by atoms with Crippen LogP contribution in [-0.2, 0) is 16.0 Å². The summed E-state index contributed by atoms with van der Waals surface area (Å²) < 4.78 is 10.3. The summed E-state index contributed by atoms with van der Waals surface area (Å²) in [6.07, 6.45) is 2.20. The molecular formula is C13H11NO3. The lowest BCUT2D eigenvalue weighted by Crippen LogP contribution is -2.17. The molecule has 3 rings (SSSR count). The monoisotopic (exact) mass is 229 g/mol. The van der Waals surface area contributed by atoms with Gasteiger partial charge in [0, 0.05) is 24.3 Å². The number of esters is 1. The molecule has 0 bridgehead atoms. The maximum absolute atomic E-state index is 11.5. The van der Waals surface area contributed by atoms with E-state index < -0.39 is 6.04 Å². The van der Waals surface area contributed by atoms with Crippen LogP contribution in [0.15, 0.2) is 39.9 Å². The number of rotatable bonds is 2. The number of carbonyl (C=O) groups excluding carboxylic acids is 1. The molecule has 1 aromatic heterocycles. The summed E-state index contributed by atoms with van der Waals surface area (Å²) in [5, 5.41) is 1.03. The van der Waals surface area contributed by atoms with Crippen LogP contribution in [0, 0.1) is 0 Å². The quantitative estimate of drug-likeness (QED) is 0.742. The Hall–Kier alpha value is -2.10. The van der Waals surface area contributed by atoms with Crippen LogP contribution in [0.25, 0.3) is 11.0 Å². The topological polar surface area (TPSA) is 51.8 Å². The number of benzene rings is 1. The first-order valence-corrected chi connectivity index (χ1v) is 5.45. The van der Waals surface area contributed by atoms with Gasteiger partial charge < -0.3 is 9.15 Å². The van der Waals surface area contributed by atoms with E-state index in [9.17, 15) is 4.79 Å². The maximum atomic E-state index is 11.5. The largest absolute Gasteiger partial charge is 0.464 e. The SMILES string of the molecule is CC1=N[C@H](Cc2coc3ccccc23)C(=O)O1. The number of fused-ring (bicyclic) bond motifs is 1. The van der Waals surface area contributed by atoms with Crippen molar-refractivity contribution < 1.29 is 13.9 Å². The van der Waals surface area contributed by atoms with E-state index in [0.717, 1.165) is 16.5 Å². The lowest BCUT2D eigenvalue weighted by molar-refractivity contribution is -0.134. The van der Waals surface area contributed by atoms with Gasteiger partial charge >= 0.3 is 5.97 Å². The van der Waals surface area contributed by atoms with Crippen LogP contribution in [0.1, 0.15) is 12.5 Å². The molecule has 1 aromatic carbocycles. The van der Waals surface area contributed by atoms with Gasteiger partial charge in [0.1, 0.15) is 5.58 Å². The first-order chi connectivity index (χ1) is 8.24. The Morgan fingerprint density at radius 3 is 2.94 bits per heavy atom. The second kappa shape index (κ2) is 3.73. The fraction of sp³-hybridized carbons (Fsp3) is 0.231. The van der Waals surface area contributed by atoms with Gasteiger partial charge in [0.05, 0.1) is 6.26 Å². The molecule has 0 radical (unpaired) electrons. The van der Waals surface area contributed by atoms with Gasteiger partial charge in [-0.1, -0.05) is 18.2 Å². The summed E-state index contributed by atoms with van der Waals surface area (Å²) in [5.41, 5.74) is 1.82. The van der Waals surface area contributed by atoms with E-state index in [2.05, 4.69) is 4.99 Å². The standard InChI is InChI=1S/C13H11NO3/c1-8-14-11(13(15)17-8)6-9-7-16-12-5-3-2-4-10(9)12/h2-5,7,11H,6H2,1H3/t11-/m1/s1. The van der Waals surface area contributed by atoms with E-state index in [4.69, 9.17) is 9.15 Å². The molecule has 0 spiro atoms. The highest BCUT2D eigenvalue weighted by Crippen LogP contribution is 2.23. The van der Waals surface area contributed by atoms with Crippen molar-refractivity contribution >= 4 is 22.8 Å². The third-order valence-electron chi connectivity index (χ3n) is 2.83. The van der Waals surface area contributed by atoms with E-state index in [-0.39, 0.29) is 5.97 Å². The zero-order chi connectivity index (χ0) is 11.8. The molecule has 2 aromatic rings. The Kier molecular flexibility index (Phi) is 2.21. The number of hydrogen-bond acceptors (Lipinski definition) is 4. The van der Waals surface area contributed by atoms with Crippen LogP contribution in [0.5, 0.6) is 0 Å². The molecule has 1 atom stereocenters. The Bertz CT molecular complexity index is 612. The van der Waals surface area contributed by atoms with Crippen molar-refractivity contribution in [1.29, 1.82) is 0 Å². The van der Waals surface area contributed by atoms with Crippen molar-refractivity contribution in [3.63, 3.8) is 0 Å². The molecular weight excluding hydrogens is 218 g/mol. The maximum Gasteiger partial charge on any atom is 0.337 e. The molecule has 4 nitrogen and oxygen atoms in total. The second-order valence-corrected chi connectivity index (χ2v) is 4.05. The molecule has 0 saturated heterocycles. The molecule has 86 valence electrons. The minimum Gasteiger partial charge on any atom is -0.464 e. The van der Waals surface area contributed by atoms with Crippen molar-refractivity contribution in [3.05, 3.63) is 36.1 Å². The van der Waals surface area contributed by atoms with Gasteiger partial charge in [0.25, 0.3) is 0 Å². The second-order valence-electron chi connectivity index (χ2n) is 4.05. The Morgan fingerprint density at radius 1 is 1.35 bits per heavy atom. The van der Waals surface area contributed by atoms with Gasteiger partial charge in [-0.15, -0.1) is 0 Å². The van der Waals surface area contributed by atoms with Crippen LogP contribution >= 0.6 is 0 Å². The number of nitrogens with zero attached hydrogens (tertiary/aromatic N) is 1. The van der Waals surface area contributed by atoms with Crippen molar-refractivity contribution in [1.82, 2.24) is 0 Å². The number of furan rings is 1. The van der Waals surface area contributed by atoms with E-state index in [1.54, 1.807) is 13.2 Å². The third kappa shape index (κ3) is 1.71. The first-order valence-electron chi connectivity index (χ1n) is 5.45. The molecule has 0 saturated carbocycles. The smallest absolute Gasteiger partial charge is 0.337 e. The molecule has 1 aliphatic rings. The normalized spacial score (nSPS) is 19.5. The van der Waals surface area contributed by atoms with Crippen LogP contribution < -0.4 is 0 Å². The van der Waals surface area contributed by atoms with Gasteiger partial charge in [0.2, 0.25) is 0 Å². The van der Waals surface area contributed by atoms with Crippen LogP contribution in [-0.4, -0.2) is 17.9 Å². The highest BCUT2D eigenvalue weighted by Gasteiger charge is 2.27. The van der Waals surface area contributed by atoms with Gasteiger partial charge in [-0.2, -0.15) is 0 Å². The summed E-state index contributed by atoms with van der Waals surface area (Å²) in [5.74, 6) is 0.153. The Balaban J connectivity index is 1.93. The number of aliphatic imine (C=N–C) groups is 1. The van der Waals surface area contributed by atoms with E-state index >= 15 is 0 Å². The Morgan fingerprint density at radius 2 is 2.18 bits per heavy atom. The lowest BCUT2D eigenvalue weighted by Gasteiger charge is -2.01. The summed E-state index contributed by atoms with van der Waals surface area (Å²) in [4.78, 5) is 15.6. The summed E-state index contributed by atoms with van der Waals surface area (Å²) in [6, 6.07) is 7.31. The van der Waals surface area contributed by atoms with Crippen molar-refractivity contribution in [2.75, 3.05) is 0 Å². The summed E-state index contributed by atoms with van der Waals surface area (Å²) in [6.45, 7) is 1.69. The molecule has 0 unspecified atom stereocenters. The van der Waals surface area contributed by atoms with Gasteiger partial charge in [-0.05, 0) is 6.07 Å². The minimum absolute atomic E-state index is 0.284. The first kappa shape index (κ1) is 10.1. The fourth-order valence-electron chi connectivity index (χ4n) is 2.04. The number of ether oxygens (including phenoxy) is 1. The summed E-state index contributed by atoms with van der Waals surface area (Å²) >= 11 is 0. The predicted molar refractivity (Wildman–Crippen MR) is 62.9 cm³/mol. The Labute approximate surface area is 97.9 Å².